The van der Waals surface area contributed by atoms with Crippen LogP contribution in [0.25, 0.3) is 0 Å². The third-order valence-electron chi connectivity index (χ3n) is 6.56. The Labute approximate surface area is 135 Å². The second-order valence-corrected chi connectivity index (χ2v) is 11.8. The zero-order chi connectivity index (χ0) is 15.7. The van der Waals surface area contributed by atoms with Gasteiger partial charge in [0.25, 0.3) is 0 Å². The van der Waals surface area contributed by atoms with Crippen LogP contribution in [0.5, 0.6) is 0 Å². The predicted octanol–water partition coefficient (Wildman–Crippen LogP) is 6.49. The summed E-state index contributed by atoms with van der Waals surface area (Å²) in [4.78, 5) is 0. The lowest BCUT2D eigenvalue weighted by Crippen LogP contribution is -2.42. The molecule has 1 aliphatic heterocycles. The van der Waals surface area contributed by atoms with E-state index in [4.69, 9.17) is 0 Å². The molecule has 2 fully saturated rings. The molecule has 1 heteroatoms. The van der Waals surface area contributed by atoms with Crippen LogP contribution in [0.15, 0.2) is 0 Å². The topological polar surface area (TPSA) is 0 Å². The van der Waals surface area contributed by atoms with Gasteiger partial charge in [0, 0.05) is 0 Å². The molecule has 21 heavy (non-hydrogen) atoms. The van der Waals surface area contributed by atoms with Gasteiger partial charge >= 0.3 is 0 Å². The Hall–Kier alpha value is 0.430. The second-order valence-electron chi connectivity index (χ2n) is 9.17. The van der Waals surface area contributed by atoms with Crippen molar-refractivity contribution in [3.05, 3.63) is 0 Å². The number of hydrogen-bond donors (Lipinski definition) is 0. The molecular formula is C20H39P. The molecule has 0 spiro atoms. The maximum atomic E-state index is 2.51. The highest BCUT2D eigenvalue weighted by atomic mass is 31.1. The quantitative estimate of drug-likeness (QED) is 0.521. The molecule has 0 amide bonds. The second kappa shape index (κ2) is 7.33. The standard InChI is InChI=1S/C20H39P/c1-13(2)17-10-18(14(3)4)20(19(11-17)15(5)6)21-9-8-16(7)12-21/h13-20H,8-12H2,1-7H3. The van der Waals surface area contributed by atoms with Crippen molar-refractivity contribution in [2.45, 2.75) is 73.4 Å². The molecule has 0 nitrogen and oxygen atoms in total. The Kier molecular flexibility index (Phi) is 6.21. The number of hydrogen-bond acceptors (Lipinski definition) is 0. The van der Waals surface area contributed by atoms with Gasteiger partial charge in [0.1, 0.15) is 0 Å². The molecule has 4 atom stereocenters. The normalized spacial score (nSPS) is 41.4. The largest absolute Gasteiger partial charge is 0.103 e. The Morgan fingerprint density at radius 3 is 1.67 bits per heavy atom. The maximum Gasteiger partial charge on any atom is -0.0147 e. The molecule has 0 aromatic rings. The fourth-order valence-electron chi connectivity index (χ4n) is 5.05. The van der Waals surface area contributed by atoms with Crippen LogP contribution in [-0.2, 0) is 0 Å². The van der Waals surface area contributed by atoms with E-state index in [2.05, 4.69) is 48.5 Å². The van der Waals surface area contributed by atoms with Crippen LogP contribution in [0.3, 0.4) is 0 Å². The summed E-state index contributed by atoms with van der Waals surface area (Å²) in [5, 5.41) is 0. The summed E-state index contributed by atoms with van der Waals surface area (Å²) in [6.45, 7) is 17.4. The van der Waals surface area contributed by atoms with Crippen molar-refractivity contribution in [1.82, 2.24) is 0 Å². The zero-order valence-corrected chi connectivity index (χ0v) is 16.5. The molecule has 0 aromatic carbocycles. The van der Waals surface area contributed by atoms with E-state index in [0.717, 1.165) is 47.1 Å². The highest BCUT2D eigenvalue weighted by Gasteiger charge is 2.45. The average Bonchev–Trinajstić information content (AvgIpc) is 2.83. The summed E-state index contributed by atoms with van der Waals surface area (Å²) >= 11 is 0. The van der Waals surface area contributed by atoms with E-state index in [1.807, 2.05) is 0 Å². The average molecular weight is 311 g/mol. The van der Waals surface area contributed by atoms with Crippen molar-refractivity contribution >= 4 is 7.92 Å². The summed E-state index contributed by atoms with van der Waals surface area (Å²) < 4.78 is 0. The molecule has 0 radical (unpaired) electrons. The maximum absolute atomic E-state index is 2.51. The number of rotatable bonds is 4. The summed E-state index contributed by atoms with van der Waals surface area (Å²) in [5.74, 6) is 6.66. The summed E-state index contributed by atoms with van der Waals surface area (Å²) in [7, 11) is 0.316. The molecule has 0 N–H and O–H groups in total. The van der Waals surface area contributed by atoms with Crippen LogP contribution in [0.4, 0.5) is 0 Å². The molecule has 1 saturated heterocycles. The molecule has 4 unspecified atom stereocenters. The van der Waals surface area contributed by atoms with Gasteiger partial charge in [-0.15, -0.1) is 7.92 Å². The first kappa shape index (κ1) is 17.8. The summed E-state index contributed by atoms with van der Waals surface area (Å²) in [6, 6.07) is 0. The van der Waals surface area contributed by atoms with Crippen LogP contribution in [0.2, 0.25) is 0 Å². The Morgan fingerprint density at radius 2 is 1.33 bits per heavy atom. The Morgan fingerprint density at radius 1 is 0.810 bits per heavy atom. The van der Waals surface area contributed by atoms with Gasteiger partial charge in [0.15, 0.2) is 0 Å². The van der Waals surface area contributed by atoms with Crippen molar-refractivity contribution < 1.29 is 0 Å². The van der Waals surface area contributed by atoms with Gasteiger partial charge in [-0.3, -0.25) is 0 Å². The van der Waals surface area contributed by atoms with E-state index in [-0.39, 0.29) is 0 Å². The molecule has 2 aliphatic rings. The van der Waals surface area contributed by atoms with E-state index < -0.39 is 0 Å². The molecule has 0 aromatic heterocycles. The molecule has 2 rings (SSSR count). The molecular weight excluding hydrogens is 271 g/mol. The third kappa shape index (κ3) is 4.04. The Bertz CT molecular complexity index is 302. The lowest BCUT2D eigenvalue weighted by Gasteiger charge is -2.49. The van der Waals surface area contributed by atoms with Crippen LogP contribution in [0, 0.1) is 41.4 Å². The monoisotopic (exact) mass is 310 g/mol. The van der Waals surface area contributed by atoms with Gasteiger partial charge in [0.05, 0.1) is 0 Å². The van der Waals surface area contributed by atoms with Gasteiger partial charge < -0.3 is 0 Å². The minimum atomic E-state index is 0.316. The molecule has 0 bridgehead atoms. The lowest BCUT2D eigenvalue weighted by molar-refractivity contribution is 0.108. The van der Waals surface area contributed by atoms with Crippen LogP contribution >= 0.6 is 7.92 Å². The van der Waals surface area contributed by atoms with Crippen LogP contribution in [-0.4, -0.2) is 18.0 Å². The minimum Gasteiger partial charge on any atom is -0.103 e. The molecule has 1 saturated carbocycles. The first-order valence-electron chi connectivity index (χ1n) is 9.55. The van der Waals surface area contributed by atoms with E-state index in [0.29, 0.717) is 7.92 Å². The fourth-order valence-corrected chi connectivity index (χ4v) is 9.55. The van der Waals surface area contributed by atoms with Crippen molar-refractivity contribution in [2.24, 2.45) is 41.4 Å². The van der Waals surface area contributed by atoms with Crippen LogP contribution in [0.1, 0.15) is 67.7 Å². The highest BCUT2D eigenvalue weighted by Crippen LogP contribution is 2.61. The third-order valence-corrected chi connectivity index (χ3v) is 10.1. The minimum absolute atomic E-state index is 0.316. The van der Waals surface area contributed by atoms with Crippen molar-refractivity contribution in [1.29, 1.82) is 0 Å². The zero-order valence-electron chi connectivity index (χ0n) is 15.6. The predicted molar refractivity (Wildman–Crippen MR) is 98.4 cm³/mol. The first-order chi connectivity index (χ1) is 9.81. The van der Waals surface area contributed by atoms with Gasteiger partial charge in [0.2, 0.25) is 0 Å². The highest BCUT2D eigenvalue weighted by molar-refractivity contribution is 7.58. The van der Waals surface area contributed by atoms with Crippen molar-refractivity contribution in [3.63, 3.8) is 0 Å². The smallest absolute Gasteiger partial charge is 0.0147 e. The van der Waals surface area contributed by atoms with Crippen molar-refractivity contribution in [2.75, 3.05) is 12.3 Å². The van der Waals surface area contributed by atoms with Gasteiger partial charge in [-0.05, 0) is 78.7 Å². The van der Waals surface area contributed by atoms with Gasteiger partial charge in [-0.1, -0.05) is 48.5 Å². The molecule has 1 aliphatic carbocycles. The fraction of sp³-hybridized carbons (Fsp3) is 1.00. The lowest BCUT2D eigenvalue weighted by atomic mass is 9.65. The van der Waals surface area contributed by atoms with E-state index in [1.165, 1.54) is 19.3 Å². The first-order valence-corrected chi connectivity index (χ1v) is 11.3. The Balaban J connectivity index is 2.23. The molecule has 124 valence electrons. The van der Waals surface area contributed by atoms with Gasteiger partial charge in [-0.2, -0.15) is 0 Å². The summed E-state index contributed by atoms with van der Waals surface area (Å²) in [5.41, 5.74) is 1.08. The van der Waals surface area contributed by atoms with Crippen LogP contribution < -0.4 is 0 Å². The van der Waals surface area contributed by atoms with Crippen molar-refractivity contribution in [3.8, 4) is 0 Å². The summed E-state index contributed by atoms with van der Waals surface area (Å²) in [6.07, 6.45) is 7.73. The SMILES string of the molecule is CC1CCP(C2C(C(C)C)CC(C(C)C)CC2C(C)C)C1. The molecule has 1 heterocycles. The van der Waals surface area contributed by atoms with E-state index >= 15 is 0 Å². The van der Waals surface area contributed by atoms with Gasteiger partial charge in [-0.25, -0.2) is 0 Å². The van der Waals surface area contributed by atoms with E-state index in [9.17, 15) is 0 Å². The van der Waals surface area contributed by atoms with E-state index in [1.54, 1.807) is 12.3 Å².